The van der Waals surface area contributed by atoms with Crippen molar-refractivity contribution < 1.29 is 28.5 Å². The molecule has 8 heteroatoms. The average Bonchev–Trinajstić information content (AvgIpc) is 3.17. The number of carbonyl (C=O) groups is 2. The Kier molecular flexibility index (Phi) is 8.32. The Morgan fingerprint density at radius 2 is 1.71 bits per heavy atom. The number of hydrogen-bond acceptors (Lipinski definition) is 7. The van der Waals surface area contributed by atoms with Crippen molar-refractivity contribution in [3.05, 3.63) is 64.5 Å². The quantitative estimate of drug-likeness (QED) is 0.317. The number of ether oxygens (including phenoxy) is 4. The van der Waals surface area contributed by atoms with Crippen LogP contribution in [0, 0.1) is 6.92 Å². The third-order valence-corrected chi connectivity index (χ3v) is 6.02. The van der Waals surface area contributed by atoms with Gasteiger partial charge in [0.15, 0.2) is 11.5 Å². The van der Waals surface area contributed by atoms with Gasteiger partial charge in [-0.15, -0.1) is 11.3 Å². The van der Waals surface area contributed by atoms with E-state index in [-0.39, 0.29) is 5.91 Å². The van der Waals surface area contributed by atoms with Crippen molar-refractivity contribution in [2.24, 2.45) is 0 Å². The lowest BCUT2D eigenvalue weighted by Crippen LogP contribution is -2.11. The zero-order valence-electron chi connectivity index (χ0n) is 19.8. The van der Waals surface area contributed by atoms with Gasteiger partial charge in [-0.25, -0.2) is 4.79 Å². The van der Waals surface area contributed by atoms with E-state index in [4.69, 9.17) is 18.9 Å². The molecule has 1 amide bonds. The maximum absolute atomic E-state index is 12.7. The molecule has 0 spiro atoms. The number of carbonyl (C=O) groups excluding carboxylic acids is 2. The minimum Gasteiger partial charge on any atom is -0.494 e. The first-order chi connectivity index (χ1) is 16.4. The predicted molar refractivity (Wildman–Crippen MR) is 134 cm³/mol. The first-order valence-electron chi connectivity index (χ1n) is 10.6. The van der Waals surface area contributed by atoms with Gasteiger partial charge in [0.05, 0.1) is 27.9 Å². The first-order valence-corrected chi connectivity index (χ1v) is 11.4. The van der Waals surface area contributed by atoms with Gasteiger partial charge in [0, 0.05) is 16.5 Å². The van der Waals surface area contributed by atoms with E-state index < -0.39 is 5.97 Å². The van der Waals surface area contributed by atoms with E-state index in [1.165, 1.54) is 24.5 Å². The molecule has 0 unspecified atom stereocenters. The van der Waals surface area contributed by atoms with Crippen molar-refractivity contribution in [3.63, 3.8) is 0 Å². The van der Waals surface area contributed by atoms with Crippen LogP contribution in [-0.2, 0) is 9.53 Å². The number of aryl methyl sites for hydroxylation is 1. The summed E-state index contributed by atoms with van der Waals surface area (Å²) in [7, 11) is 4.43. The second-order valence-corrected chi connectivity index (χ2v) is 8.35. The normalized spacial score (nSPS) is 10.7. The Morgan fingerprint density at radius 1 is 1.00 bits per heavy atom. The number of methoxy groups -OCH3 is 3. The predicted octanol–water partition coefficient (Wildman–Crippen LogP) is 5.58. The number of amides is 1. The lowest BCUT2D eigenvalue weighted by atomic mass is 10.0. The van der Waals surface area contributed by atoms with Crippen molar-refractivity contribution in [2.75, 3.05) is 33.3 Å². The lowest BCUT2D eigenvalue weighted by molar-refractivity contribution is -0.111. The summed E-state index contributed by atoms with van der Waals surface area (Å²) in [5, 5.41) is 3.25. The molecule has 1 aromatic heterocycles. The monoisotopic (exact) mass is 481 g/mol. The molecule has 0 fully saturated rings. The molecule has 0 saturated heterocycles. The highest BCUT2D eigenvalue weighted by atomic mass is 32.1. The summed E-state index contributed by atoms with van der Waals surface area (Å²) < 4.78 is 21.1. The summed E-state index contributed by atoms with van der Waals surface area (Å²) in [6.45, 7) is 4.39. The van der Waals surface area contributed by atoms with Crippen LogP contribution in [0.3, 0.4) is 0 Å². The number of rotatable bonds is 9. The van der Waals surface area contributed by atoms with E-state index in [9.17, 15) is 9.59 Å². The molecule has 0 aliphatic rings. The number of nitrogens with one attached hydrogen (secondary N) is 1. The Balaban J connectivity index is 1.88. The van der Waals surface area contributed by atoms with Gasteiger partial charge in [0.1, 0.15) is 16.3 Å². The molecule has 2 aromatic carbocycles. The summed E-state index contributed by atoms with van der Waals surface area (Å²) in [5.41, 5.74) is 2.64. The number of anilines is 1. The van der Waals surface area contributed by atoms with Gasteiger partial charge in [0.2, 0.25) is 5.91 Å². The number of hydrogen-bond donors (Lipinski definition) is 1. The molecule has 0 atom stereocenters. The molecule has 0 aliphatic carbocycles. The van der Waals surface area contributed by atoms with Crippen molar-refractivity contribution in [3.8, 4) is 28.4 Å². The molecule has 0 aliphatic heterocycles. The van der Waals surface area contributed by atoms with Crippen LogP contribution in [0.5, 0.6) is 17.2 Å². The van der Waals surface area contributed by atoms with E-state index in [2.05, 4.69) is 5.32 Å². The highest BCUT2D eigenvalue weighted by Crippen LogP contribution is 2.40. The zero-order chi connectivity index (χ0) is 24.7. The Bertz CT molecular complexity index is 1200. The fraction of sp³-hybridized carbons (Fsp3) is 0.231. The zero-order valence-corrected chi connectivity index (χ0v) is 20.6. The van der Waals surface area contributed by atoms with E-state index in [0.717, 1.165) is 27.3 Å². The Hall–Kier alpha value is -3.78. The van der Waals surface area contributed by atoms with Crippen LogP contribution >= 0.6 is 11.3 Å². The fourth-order valence-corrected chi connectivity index (χ4v) is 4.51. The molecule has 3 aromatic rings. The molecule has 1 N–H and O–H groups in total. The van der Waals surface area contributed by atoms with E-state index in [0.29, 0.717) is 28.7 Å². The molecular weight excluding hydrogens is 454 g/mol. The van der Waals surface area contributed by atoms with Crippen LogP contribution in [0.15, 0.2) is 48.5 Å². The molecule has 34 heavy (non-hydrogen) atoms. The molecule has 0 bridgehead atoms. The van der Waals surface area contributed by atoms with E-state index in [1.807, 2.05) is 44.2 Å². The van der Waals surface area contributed by atoms with Crippen LogP contribution in [0.4, 0.5) is 5.00 Å². The van der Waals surface area contributed by atoms with Crippen molar-refractivity contribution in [1.29, 1.82) is 0 Å². The molecular formula is C26H27NO6S. The smallest absolute Gasteiger partial charge is 0.341 e. The van der Waals surface area contributed by atoms with Gasteiger partial charge in [-0.2, -0.15) is 0 Å². The molecule has 0 saturated carbocycles. The van der Waals surface area contributed by atoms with Crippen molar-refractivity contribution in [1.82, 2.24) is 0 Å². The third kappa shape index (κ3) is 5.58. The first kappa shape index (κ1) is 24.9. The van der Waals surface area contributed by atoms with Gasteiger partial charge in [-0.05, 0) is 55.3 Å². The molecule has 0 radical (unpaired) electrons. The third-order valence-electron chi connectivity index (χ3n) is 5.00. The minimum atomic E-state index is -0.521. The second-order valence-electron chi connectivity index (χ2n) is 7.12. The summed E-state index contributed by atoms with van der Waals surface area (Å²) in [4.78, 5) is 26.2. The van der Waals surface area contributed by atoms with Gasteiger partial charge in [0.25, 0.3) is 0 Å². The number of thiophene rings is 1. The Morgan fingerprint density at radius 3 is 2.32 bits per heavy atom. The average molecular weight is 482 g/mol. The summed E-state index contributed by atoms with van der Waals surface area (Å²) in [5.74, 6) is 1.01. The van der Waals surface area contributed by atoms with E-state index >= 15 is 0 Å². The highest BCUT2D eigenvalue weighted by molar-refractivity contribution is 7.17. The van der Waals surface area contributed by atoms with Crippen LogP contribution in [-0.4, -0.2) is 39.8 Å². The van der Waals surface area contributed by atoms with Gasteiger partial charge < -0.3 is 24.3 Å². The van der Waals surface area contributed by atoms with Crippen LogP contribution in [0.25, 0.3) is 17.2 Å². The van der Waals surface area contributed by atoms with Crippen molar-refractivity contribution >= 4 is 34.3 Å². The van der Waals surface area contributed by atoms with Crippen LogP contribution < -0.4 is 19.5 Å². The molecule has 1 heterocycles. The Labute approximate surface area is 202 Å². The summed E-state index contributed by atoms with van der Waals surface area (Å²) in [6.07, 6.45) is 3.05. The second kappa shape index (κ2) is 11.4. The SMILES string of the molecule is CCOc1ccc(-c2c(C)sc(NC(=O)/C=C/c3ccc(OC)c(OC)c3)c2C(=O)OC)cc1. The maximum atomic E-state index is 12.7. The van der Waals surface area contributed by atoms with Crippen LogP contribution in [0.2, 0.25) is 0 Å². The number of benzene rings is 2. The van der Waals surface area contributed by atoms with Crippen LogP contribution in [0.1, 0.15) is 27.7 Å². The number of esters is 1. The van der Waals surface area contributed by atoms with Crippen molar-refractivity contribution in [2.45, 2.75) is 13.8 Å². The topological polar surface area (TPSA) is 83.1 Å². The highest BCUT2D eigenvalue weighted by Gasteiger charge is 2.24. The fourth-order valence-electron chi connectivity index (χ4n) is 3.44. The minimum absolute atomic E-state index is 0.321. The standard InChI is InChI=1S/C26H27NO6S/c1-6-33-19-11-9-18(10-12-19)23-16(2)34-25(24(23)26(29)32-5)27-22(28)14-8-17-7-13-20(30-3)21(15-17)31-4/h7-15H,6H2,1-5H3,(H,27,28)/b14-8+. The molecule has 7 nitrogen and oxygen atoms in total. The van der Waals surface area contributed by atoms with E-state index in [1.54, 1.807) is 32.4 Å². The summed E-state index contributed by atoms with van der Waals surface area (Å²) in [6, 6.07) is 12.8. The molecule has 3 rings (SSSR count). The summed E-state index contributed by atoms with van der Waals surface area (Å²) >= 11 is 1.32. The molecule has 178 valence electrons. The lowest BCUT2D eigenvalue weighted by Gasteiger charge is -2.09. The van der Waals surface area contributed by atoms with Gasteiger partial charge in [-0.1, -0.05) is 18.2 Å². The van der Waals surface area contributed by atoms with Gasteiger partial charge in [-0.3, -0.25) is 4.79 Å². The maximum Gasteiger partial charge on any atom is 0.341 e. The van der Waals surface area contributed by atoms with Gasteiger partial charge >= 0.3 is 5.97 Å². The largest absolute Gasteiger partial charge is 0.494 e.